The number of aliphatic imine (C=N–C) groups is 1. The zero-order valence-corrected chi connectivity index (χ0v) is 19.1. The lowest BCUT2D eigenvalue weighted by molar-refractivity contribution is -0.127. The number of nitrogens with one attached hydrogen (secondary N) is 2. The van der Waals surface area contributed by atoms with E-state index in [4.69, 9.17) is 4.74 Å². The van der Waals surface area contributed by atoms with E-state index in [1.807, 2.05) is 37.4 Å². The first-order valence-electron chi connectivity index (χ1n) is 8.81. The third kappa shape index (κ3) is 7.75. The van der Waals surface area contributed by atoms with E-state index in [1.54, 1.807) is 37.0 Å². The molecular weight excluding hydrogens is 471 g/mol. The van der Waals surface area contributed by atoms with Gasteiger partial charge in [-0.3, -0.25) is 9.48 Å². The third-order valence-corrected chi connectivity index (χ3v) is 4.09. The van der Waals surface area contributed by atoms with Crippen LogP contribution in [0.2, 0.25) is 0 Å². The number of aromatic nitrogens is 2. The Morgan fingerprint density at radius 2 is 1.93 bits per heavy atom. The van der Waals surface area contributed by atoms with Gasteiger partial charge in [0.1, 0.15) is 5.75 Å². The third-order valence-electron chi connectivity index (χ3n) is 4.09. The Kier molecular flexibility index (Phi) is 10.4. The first-order chi connectivity index (χ1) is 13.0. The van der Waals surface area contributed by atoms with E-state index in [2.05, 4.69) is 20.7 Å². The Labute approximate surface area is 183 Å². The first kappa shape index (κ1) is 23.7. The van der Waals surface area contributed by atoms with Crippen molar-refractivity contribution in [1.82, 2.24) is 25.3 Å². The number of likely N-dealkylation sites (N-methyl/N-ethyl adjacent to an activating group) is 1. The van der Waals surface area contributed by atoms with Gasteiger partial charge in [-0.15, -0.1) is 24.0 Å². The highest BCUT2D eigenvalue weighted by Crippen LogP contribution is 2.11. The number of ether oxygens (including phenoxy) is 1. The molecule has 154 valence electrons. The van der Waals surface area contributed by atoms with Crippen LogP contribution in [0.5, 0.6) is 5.75 Å². The second-order valence-corrected chi connectivity index (χ2v) is 6.28. The smallest absolute Gasteiger partial charge is 0.241 e. The summed E-state index contributed by atoms with van der Waals surface area (Å²) in [5.41, 5.74) is 2.18. The molecule has 0 saturated carbocycles. The van der Waals surface area contributed by atoms with Crippen molar-refractivity contribution in [2.24, 2.45) is 12.0 Å². The van der Waals surface area contributed by atoms with Crippen LogP contribution in [0.25, 0.3) is 0 Å². The Morgan fingerprint density at radius 1 is 1.21 bits per heavy atom. The van der Waals surface area contributed by atoms with Crippen LogP contribution in [0.4, 0.5) is 0 Å². The van der Waals surface area contributed by atoms with E-state index in [-0.39, 0.29) is 36.4 Å². The first-order valence-corrected chi connectivity index (χ1v) is 8.81. The van der Waals surface area contributed by atoms with Gasteiger partial charge in [-0.05, 0) is 30.2 Å². The highest BCUT2D eigenvalue weighted by molar-refractivity contribution is 14.0. The summed E-state index contributed by atoms with van der Waals surface area (Å²) in [5.74, 6) is 1.43. The van der Waals surface area contributed by atoms with Gasteiger partial charge in [0, 0.05) is 33.9 Å². The van der Waals surface area contributed by atoms with Crippen molar-refractivity contribution in [2.45, 2.75) is 13.0 Å². The molecule has 0 spiro atoms. The molecular formula is C19H29IN6O2. The number of carbonyl (C=O) groups excluding carboxylic acids is 1. The number of halogens is 1. The molecule has 2 rings (SSSR count). The van der Waals surface area contributed by atoms with Gasteiger partial charge in [0.2, 0.25) is 5.91 Å². The van der Waals surface area contributed by atoms with Crippen molar-refractivity contribution in [3.63, 3.8) is 0 Å². The predicted octanol–water partition coefficient (Wildman–Crippen LogP) is 1.41. The van der Waals surface area contributed by atoms with Crippen LogP contribution >= 0.6 is 24.0 Å². The van der Waals surface area contributed by atoms with Crippen molar-refractivity contribution in [3.05, 3.63) is 47.8 Å². The number of rotatable bonds is 8. The lowest BCUT2D eigenvalue weighted by Gasteiger charge is -2.15. The molecule has 0 radical (unpaired) electrons. The minimum atomic E-state index is -0.0137. The fourth-order valence-electron chi connectivity index (χ4n) is 2.33. The van der Waals surface area contributed by atoms with E-state index < -0.39 is 0 Å². The van der Waals surface area contributed by atoms with Gasteiger partial charge < -0.3 is 20.3 Å². The zero-order valence-electron chi connectivity index (χ0n) is 16.8. The predicted molar refractivity (Wildman–Crippen MR) is 121 cm³/mol. The molecule has 0 bridgehead atoms. The maximum atomic E-state index is 11.8. The summed E-state index contributed by atoms with van der Waals surface area (Å²) >= 11 is 0. The summed E-state index contributed by atoms with van der Waals surface area (Å²) in [6, 6.07) is 9.89. The molecule has 0 atom stereocenters. The highest BCUT2D eigenvalue weighted by atomic mass is 127. The van der Waals surface area contributed by atoms with Crippen LogP contribution in [0.3, 0.4) is 0 Å². The highest BCUT2D eigenvalue weighted by Gasteiger charge is 2.06. The average molecular weight is 500 g/mol. The monoisotopic (exact) mass is 500 g/mol. The number of hydrogen-bond donors (Lipinski definition) is 2. The van der Waals surface area contributed by atoms with Crippen LogP contribution in [0.15, 0.2) is 41.5 Å². The molecule has 1 heterocycles. The van der Waals surface area contributed by atoms with Crippen LogP contribution in [0, 0.1) is 0 Å². The lowest BCUT2D eigenvalue weighted by atomic mass is 10.1. The molecule has 2 aromatic rings. The van der Waals surface area contributed by atoms with Gasteiger partial charge in [0.15, 0.2) is 5.96 Å². The van der Waals surface area contributed by atoms with E-state index in [0.717, 1.165) is 17.9 Å². The summed E-state index contributed by atoms with van der Waals surface area (Å²) in [6.07, 6.45) is 2.57. The fraction of sp³-hybridized carbons (Fsp3) is 0.421. The maximum Gasteiger partial charge on any atom is 0.241 e. The molecule has 8 nitrogen and oxygen atoms in total. The van der Waals surface area contributed by atoms with Crippen LogP contribution < -0.4 is 15.4 Å². The van der Waals surface area contributed by atoms with E-state index in [9.17, 15) is 4.79 Å². The Bertz CT molecular complexity index is 758. The molecule has 0 saturated heterocycles. The number of carbonyl (C=O) groups is 1. The molecule has 1 aromatic heterocycles. The summed E-state index contributed by atoms with van der Waals surface area (Å²) in [5, 5.41) is 10.5. The standard InChI is InChI=1S/C19H28N6O2.HI/c1-24(2)18(26)14-22-19(21-13-16-10-12-23-25(16)3)20-11-9-15-5-7-17(27-4)8-6-15;/h5-8,10,12H,9,11,13-14H2,1-4H3,(H2,20,21,22);1H. The number of hydrogen-bond acceptors (Lipinski definition) is 4. The molecule has 0 aliphatic heterocycles. The topological polar surface area (TPSA) is 83.8 Å². The van der Waals surface area contributed by atoms with Crippen LogP contribution in [-0.4, -0.2) is 60.8 Å². The lowest BCUT2D eigenvalue weighted by Crippen LogP contribution is -2.43. The second kappa shape index (κ2) is 12.2. The Balaban J connectivity index is 0.00000392. The summed E-state index contributed by atoms with van der Waals surface area (Å²) in [4.78, 5) is 17.9. The van der Waals surface area contributed by atoms with Crippen LogP contribution in [-0.2, 0) is 24.8 Å². The Hall–Kier alpha value is -2.30. The van der Waals surface area contributed by atoms with E-state index in [0.29, 0.717) is 19.0 Å². The van der Waals surface area contributed by atoms with Gasteiger partial charge in [-0.25, -0.2) is 4.99 Å². The zero-order chi connectivity index (χ0) is 19.6. The number of aryl methyl sites for hydroxylation is 1. The number of guanidine groups is 1. The number of amides is 1. The van der Waals surface area contributed by atoms with Gasteiger partial charge in [0.05, 0.1) is 25.9 Å². The molecule has 0 aliphatic carbocycles. The summed E-state index contributed by atoms with van der Waals surface area (Å²) in [6.45, 7) is 1.36. The van der Waals surface area contributed by atoms with Gasteiger partial charge in [-0.1, -0.05) is 12.1 Å². The number of nitrogens with zero attached hydrogens (tertiary/aromatic N) is 4. The van der Waals surface area contributed by atoms with Gasteiger partial charge >= 0.3 is 0 Å². The Morgan fingerprint density at radius 3 is 2.50 bits per heavy atom. The molecule has 9 heteroatoms. The minimum absolute atomic E-state index is 0. The molecule has 0 aliphatic rings. The molecule has 1 aromatic carbocycles. The molecule has 2 N–H and O–H groups in total. The van der Waals surface area contributed by atoms with Crippen LogP contribution in [0.1, 0.15) is 11.3 Å². The van der Waals surface area contributed by atoms with Gasteiger partial charge in [-0.2, -0.15) is 5.10 Å². The quantitative estimate of drug-likeness (QED) is 0.326. The van der Waals surface area contributed by atoms with Crippen molar-refractivity contribution >= 4 is 35.8 Å². The average Bonchev–Trinajstić information content (AvgIpc) is 3.08. The van der Waals surface area contributed by atoms with Gasteiger partial charge in [0.25, 0.3) is 0 Å². The maximum absolute atomic E-state index is 11.8. The number of benzene rings is 1. The molecule has 1 amide bonds. The molecule has 0 unspecified atom stereocenters. The molecule has 0 fully saturated rings. The van der Waals surface area contributed by atoms with Crippen molar-refractivity contribution < 1.29 is 9.53 Å². The second-order valence-electron chi connectivity index (χ2n) is 6.28. The minimum Gasteiger partial charge on any atom is -0.497 e. The van der Waals surface area contributed by atoms with Crippen molar-refractivity contribution in [1.29, 1.82) is 0 Å². The fourth-order valence-corrected chi connectivity index (χ4v) is 2.33. The summed E-state index contributed by atoms with van der Waals surface area (Å²) < 4.78 is 6.96. The van der Waals surface area contributed by atoms with E-state index >= 15 is 0 Å². The van der Waals surface area contributed by atoms with Crippen molar-refractivity contribution in [2.75, 3.05) is 34.3 Å². The van der Waals surface area contributed by atoms with Crippen molar-refractivity contribution in [3.8, 4) is 5.75 Å². The molecule has 28 heavy (non-hydrogen) atoms. The largest absolute Gasteiger partial charge is 0.497 e. The summed E-state index contributed by atoms with van der Waals surface area (Å²) in [7, 11) is 6.99. The normalized spacial score (nSPS) is 10.8. The number of methoxy groups -OCH3 is 1. The SMILES string of the molecule is COc1ccc(CCNC(=NCc2ccnn2C)NCC(=O)N(C)C)cc1.I. The van der Waals surface area contributed by atoms with E-state index in [1.165, 1.54) is 5.56 Å².